The zero-order chi connectivity index (χ0) is 15.6. The van der Waals surface area contributed by atoms with Gasteiger partial charge in [-0.1, -0.05) is 25.3 Å². The number of nitrogens with zero attached hydrogens (tertiary/aromatic N) is 1. The van der Waals surface area contributed by atoms with Gasteiger partial charge < -0.3 is 10.0 Å². The topological polar surface area (TPSA) is 57.6 Å². The molecular weight excluding hydrogens is 278 g/mol. The van der Waals surface area contributed by atoms with Crippen LogP contribution in [0, 0.1) is 5.41 Å². The molecule has 3 rings (SSSR count). The van der Waals surface area contributed by atoms with Gasteiger partial charge in [0.1, 0.15) is 0 Å². The zero-order valence-corrected chi connectivity index (χ0v) is 12.9. The van der Waals surface area contributed by atoms with Crippen LogP contribution in [0.1, 0.15) is 65.7 Å². The Morgan fingerprint density at radius 1 is 1.00 bits per heavy atom. The number of benzene rings is 1. The lowest BCUT2D eigenvalue weighted by Crippen LogP contribution is -2.47. The number of likely N-dealkylation sites (tertiary alicyclic amines) is 1. The maximum absolute atomic E-state index is 12.7. The highest BCUT2D eigenvalue weighted by Gasteiger charge is 2.38. The van der Waals surface area contributed by atoms with Gasteiger partial charge in [-0.3, -0.25) is 4.79 Å². The van der Waals surface area contributed by atoms with Gasteiger partial charge in [-0.2, -0.15) is 0 Å². The van der Waals surface area contributed by atoms with Crippen LogP contribution in [-0.2, 0) is 0 Å². The minimum absolute atomic E-state index is 0.0206. The second-order valence-corrected chi connectivity index (χ2v) is 6.78. The number of carboxylic acid groups (broad SMARTS) is 1. The minimum atomic E-state index is -0.989. The van der Waals surface area contributed by atoms with E-state index in [1.807, 2.05) is 4.90 Å². The molecule has 1 N–H and O–H groups in total. The Kier molecular flexibility index (Phi) is 4.19. The van der Waals surface area contributed by atoms with Crippen molar-refractivity contribution in [2.24, 2.45) is 5.41 Å². The Bertz CT molecular complexity index is 570. The lowest BCUT2D eigenvalue weighted by molar-refractivity contribution is 0.0384. The average molecular weight is 301 g/mol. The summed E-state index contributed by atoms with van der Waals surface area (Å²) in [6.07, 6.45) is 8.61. The van der Waals surface area contributed by atoms with E-state index in [1.54, 1.807) is 12.1 Å². The van der Waals surface area contributed by atoms with Crippen molar-refractivity contribution >= 4 is 11.9 Å². The normalized spacial score (nSPS) is 20.8. The second-order valence-electron chi connectivity index (χ2n) is 6.78. The number of piperidine rings is 1. The number of hydrogen-bond acceptors (Lipinski definition) is 2. The van der Waals surface area contributed by atoms with Crippen LogP contribution in [-0.4, -0.2) is 35.0 Å². The van der Waals surface area contributed by atoms with Gasteiger partial charge in [0.15, 0.2) is 0 Å². The third kappa shape index (κ3) is 3.01. The van der Waals surface area contributed by atoms with E-state index in [4.69, 9.17) is 5.11 Å². The molecule has 118 valence electrons. The Morgan fingerprint density at radius 2 is 1.68 bits per heavy atom. The molecule has 0 aromatic heterocycles. The predicted octanol–water partition coefficient (Wildman–Crippen LogP) is 3.57. The molecule has 0 bridgehead atoms. The SMILES string of the molecule is O=C(O)c1cccc(C(=O)N2CCCC3(CCCCC3)C2)c1. The maximum Gasteiger partial charge on any atom is 0.335 e. The zero-order valence-electron chi connectivity index (χ0n) is 12.9. The predicted molar refractivity (Wildman–Crippen MR) is 84.1 cm³/mol. The van der Waals surface area contributed by atoms with Gasteiger partial charge in [0.05, 0.1) is 5.56 Å². The van der Waals surface area contributed by atoms with E-state index in [1.165, 1.54) is 50.7 Å². The van der Waals surface area contributed by atoms with Gasteiger partial charge in [0.2, 0.25) is 0 Å². The highest BCUT2D eigenvalue weighted by atomic mass is 16.4. The highest BCUT2D eigenvalue weighted by Crippen LogP contribution is 2.43. The fourth-order valence-corrected chi connectivity index (χ4v) is 4.06. The molecule has 0 unspecified atom stereocenters. The van der Waals surface area contributed by atoms with Crippen LogP contribution < -0.4 is 0 Å². The van der Waals surface area contributed by atoms with Crippen molar-refractivity contribution in [3.63, 3.8) is 0 Å². The first-order chi connectivity index (χ1) is 10.6. The maximum atomic E-state index is 12.7. The van der Waals surface area contributed by atoms with Gasteiger partial charge >= 0.3 is 5.97 Å². The van der Waals surface area contributed by atoms with E-state index < -0.39 is 5.97 Å². The molecule has 1 aliphatic heterocycles. The fraction of sp³-hybridized carbons (Fsp3) is 0.556. The highest BCUT2D eigenvalue weighted by molar-refractivity contribution is 5.97. The molecular formula is C18H23NO3. The number of carbonyl (C=O) groups is 2. The molecule has 2 fully saturated rings. The van der Waals surface area contributed by atoms with Gasteiger partial charge in [0, 0.05) is 18.7 Å². The number of aromatic carboxylic acids is 1. The number of hydrogen-bond donors (Lipinski definition) is 1. The number of amides is 1. The smallest absolute Gasteiger partial charge is 0.335 e. The monoisotopic (exact) mass is 301 g/mol. The van der Waals surface area contributed by atoms with Crippen LogP contribution in [0.4, 0.5) is 0 Å². The molecule has 1 aromatic rings. The molecule has 4 nitrogen and oxygen atoms in total. The van der Waals surface area contributed by atoms with Crippen molar-refractivity contribution < 1.29 is 14.7 Å². The van der Waals surface area contributed by atoms with E-state index >= 15 is 0 Å². The molecule has 1 aliphatic carbocycles. The quantitative estimate of drug-likeness (QED) is 0.908. The van der Waals surface area contributed by atoms with Gasteiger partial charge in [0.25, 0.3) is 5.91 Å². The van der Waals surface area contributed by atoms with E-state index in [0.717, 1.165) is 19.5 Å². The van der Waals surface area contributed by atoms with Crippen molar-refractivity contribution in [3.05, 3.63) is 35.4 Å². The van der Waals surface area contributed by atoms with Gasteiger partial charge in [-0.25, -0.2) is 4.79 Å². The third-order valence-corrected chi connectivity index (χ3v) is 5.22. The summed E-state index contributed by atoms with van der Waals surface area (Å²) in [5, 5.41) is 9.08. The standard InChI is InChI=1S/C18H23NO3/c20-16(14-6-4-7-15(12-14)17(21)22)19-11-5-10-18(13-19)8-2-1-3-9-18/h4,6-7,12H,1-3,5,8-11,13H2,(H,21,22). The van der Waals surface area contributed by atoms with Crippen LogP contribution in [0.5, 0.6) is 0 Å². The largest absolute Gasteiger partial charge is 0.478 e. The molecule has 1 heterocycles. The van der Waals surface area contributed by atoms with E-state index in [-0.39, 0.29) is 11.5 Å². The molecule has 1 saturated heterocycles. The summed E-state index contributed by atoms with van der Waals surface area (Å²) < 4.78 is 0. The fourth-order valence-electron chi connectivity index (χ4n) is 4.06. The van der Waals surface area contributed by atoms with Crippen LogP contribution >= 0.6 is 0 Å². The summed E-state index contributed by atoms with van der Waals surface area (Å²) in [5.41, 5.74) is 0.985. The summed E-state index contributed by atoms with van der Waals surface area (Å²) in [6.45, 7) is 1.63. The molecule has 2 aliphatic rings. The number of carboxylic acids is 1. The minimum Gasteiger partial charge on any atom is -0.478 e. The average Bonchev–Trinajstić information content (AvgIpc) is 2.55. The molecule has 1 aromatic carbocycles. The number of rotatable bonds is 2. The molecule has 0 atom stereocenters. The van der Waals surface area contributed by atoms with Crippen molar-refractivity contribution in [1.82, 2.24) is 4.90 Å². The Morgan fingerprint density at radius 3 is 2.41 bits per heavy atom. The Labute approximate surface area is 131 Å². The lowest BCUT2D eigenvalue weighted by Gasteiger charge is -2.45. The Hall–Kier alpha value is -1.84. The molecule has 22 heavy (non-hydrogen) atoms. The van der Waals surface area contributed by atoms with Gasteiger partial charge in [-0.05, 0) is 49.3 Å². The molecule has 0 radical (unpaired) electrons. The number of carbonyl (C=O) groups excluding carboxylic acids is 1. The van der Waals surface area contributed by atoms with Crippen molar-refractivity contribution in [3.8, 4) is 0 Å². The van der Waals surface area contributed by atoms with Gasteiger partial charge in [-0.15, -0.1) is 0 Å². The molecule has 1 spiro atoms. The molecule has 1 saturated carbocycles. The van der Waals surface area contributed by atoms with Crippen molar-refractivity contribution in [2.45, 2.75) is 44.9 Å². The van der Waals surface area contributed by atoms with Crippen LogP contribution in [0.2, 0.25) is 0 Å². The van der Waals surface area contributed by atoms with Crippen molar-refractivity contribution in [1.29, 1.82) is 0 Å². The van der Waals surface area contributed by atoms with Crippen LogP contribution in [0.15, 0.2) is 24.3 Å². The van der Waals surface area contributed by atoms with Crippen LogP contribution in [0.3, 0.4) is 0 Å². The Balaban J connectivity index is 1.76. The summed E-state index contributed by atoms with van der Waals surface area (Å²) in [6, 6.07) is 6.39. The second kappa shape index (κ2) is 6.11. The van der Waals surface area contributed by atoms with Crippen molar-refractivity contribution in [2.75, 3.05) is 13.1 Å². The lowest BCUT2D eigenvalue weighted by atomic mass is 9.69. The van der Waals surface area contributed by atoms with E-state index in [9.17, 15) is 9.59 Å². The summed E-state index contributed by atoms with van der Waals surface area (Å²) in [7, 11) is 0. The molecule has 1 amide bonds. The summed E-state index contributed by atoms with van der Waals surface area (Å²) in [4.78, 5) is 25.7. The molecule has 4 heteroatoms. The van der Waals surface area contributed by atoms with E-state index in [0.29, 0.717) is 11.0 Å². The first-order valence-electron chi connectivity index (χ1n) is 8.22. The van der Waals surface area contributed by atoms with E-state index in [2.05, 4.69) is 0 Å². The first-order valence-corrected chi connectivity index (χ1v) is 8.22. The third-order valence-electron chi connectivity index (χ3n) is 5.22. The van der Waals surface area contributed by atoms with Crippen LogP contribution in [0.25, 0.3) is 0 Å². The first kappa shape index (κ1) is 15.1. The summed E-state index contributed by atoms with van der Waals surface area (Å²) >= 11 is 0. The summed E-state index contributed by atoms with van der Waals surface area (Å²) in [5.74, 6) is -1.01.